The van der Waals surface area contributed by atoms with Gasteiger partial charge in [0, 0.05) is 32.7 Å². The number of ether oxygens (including phenoxy) is 1. The first-order valence-electron chi connectivity index (χ1n) is 7.56. The second-order valence-corrected chi connectivity index (χ2v) is 6.54. The van der Waals surface area contributed by atoms with Crippen molar-refractivity contribution in [2.45, 2.75) is 19.4 Å². The predicted molar refractivity (Wildman–Crippen MR) is 88.2 cm³/mol. The molecule has 1 heterocycles. The van der Waals surface area contributed by atoms with Crippen molar-refractivity contribution in [1.29, 1.82) is 0 Å². The quantitative estimate of drug-likeness (QED) is 0.893. The van der Waals surface area contributed by atoms with E-state index in [-0.39, 0.29) is 5.91 Å². The third-order valence-electron chi connectivity index (χ3n) is 3.71. The number of carbonyl (C=O) groups excluding carboxylic acids is 1. The highest BCUT2D eigenvalue weighted by atomic mass is 35.5. The number of nitrogens with zero attached hydrogens (tertiary/aromatic N) is 2. The second kappa shape index (κ2) is 7.31. The number of carbonyl (C=O) groups is 1. The third-order valence-corrected chi connectivity index (χ3v) is 4.02. The summed E-state index contributed by atoms with van der Waals surface area (Å²) >= 11 is 6.05. The van der Waals surface area contributed by atoms with Crippen LogP contribution in [0.25, 0.3) is 0 Å². The number of piperazine rings is 1. The van der Waals surface area contributed by atoms with Crippen molar-refractivity contribution in [1.82, 2.24) is 9.80 Å². The Labute approximate surface area is 137 Å². The summed E-state index contributed by atoms with van der Waals surface area (Å²) in [5.41, 5.74) is 5.07. The van der Waals surface area contributed by atoms with Gasteiger partial charge in [0.25, 0.3) is 0 Å². The molecular formula is C16H24ClN3O2. The first-order chi connectivity index (χ1) is 10.4. The predicted octanol–water partition coefficient (Wildman–Crippen LogP) is 1.60. The molecule has 0 unspecified atom stereocenters. The van der Waals surface area contributed by atoms with Crippen molar-refractivity contribution in [3.05, 3.63) is 29.3 Å². The zero-order valence-electron chi connectivity index (χ0n) is 13.2. The van der Waals surface area contributed by atoms with E-state index in [0.717, 1.165) is 19.6 Å². The lowest BCUT2D eigenvalue weighted by Crippen LogP contribution is -2.57. The molecule has 0 bridgehead atoms. The fourth-order valence-corrected chi connectivity index (χ4v) is 2.62. The van der Waals surface area contributed by atoms with Gasteiger partial charge in [-0.15, -0.1) is 0 Å². The van der Waals surface area contributed by atoms with Crippen LogP contribution in [-0.4, -0.2) is 60.6 Å². The van der Waals surface area contributed by atoms with Crippen LogP contribution in [0, 0.1) is 0 Å². The Morgan fingerprint density at radius 2 is 1.91 bits per heavy atom. The van der Waals surface area contributed by atoms with Crippen LogP contribution in [0.15, 0.2) is 24.3 Å². The smallest absolute Gasteiger partial charge is 0.242 e. The lowest BCUT2D eigenvalue weighted by molar-refractivity contribution is -0.137. The molecule has 0 radical (unpaired) electrons. The first kappa shape index (κ1) is 17.1. The summed E-state index contributed by atoms with van der Waals surface area (Å²) in [4.78, 5) is 16.2. The lowest BCUT2D eigenvalue weighted by atomic mass is 10.0. The fourth-order valence-electron chi connectivity index (χ4n) is 2.43. The minimum Gasteiger partial charge on any atom is -0.491 e. The molecule has 5 nitrogen and oxygen atoms in total. The molecule has 2 rings (SSSR count). The Balaban J connectivity index is 1.72. The van der Waals surface area contributed by atoms with Crippen LogP contribution in [0.5, 0.6) is 5.75 Å². The molecule has 6 heteroatoms. The molecule has 0 spiro atoms. The van der Waals surface area contributed by atoms with E-state index in [1.54, 1.807) is 13.8 Å². The molecule has 1 aromatic rings. The summed E-state index contributed by atoms with van der Waals surface area (Å²) in [7, 11) is 0. The number of hydrogen-bond acceptors (Lipinski definition) is 4. The summed E-state index contributed by atoms with van der Waals surface area (Å²) in [6.45, 7) is 8.01. The van der Waals surface area contributed by atoms with Crippen molar-refractivity contribution in [3.8, 4) is 5.75 Å². The Morgan fingerprint density at radius 1 is 1.27 bits per heavy atom. The molecule has 1 saturated heterocycles. The topological polar surface area (TPSA) is 58.8 Å². The Kier molecular flexibility index (Phi) is 5.67. The molecular weight excluding hydrogens is 302 g/mol. The normalized spacial score (nSPS) is 16.6. The minimum absolute atomic E-state index is 0.0134. The van der Waals surface area contributed by atoms with Crippen molar-refractivity contribution < 1.29 is 9.53 Å². The van der Waals surface area contributed by atoms with Gasteiger partial charge in [-0.2, -0.15) is 0 Å². The first-order valence-corrected chi connectivity index (χ1v) is 7.93. The maximum Gasteiger partial charge on any atom is 0.242 e. The largest absolute Gasteiger partial charge is 0.491 e. The average molecular weight is 326 g/mol. The van der Waals surface area contributed by atoms with Crippen LogP contribution in [0.2, 0.25) is 5.02 Å². The van der Waals surface area contributed by atoms with Gasteiger partial charge in [0.05, 0.1) is 10.6 Å². The average Bonchev–Trinajstić information content (AvgIpc) is 2.48. The minimum atomic E-state index is -0.796. The summed E-state index contributed by atoms with van der Waals surface area (Å²) in [5.74, 6) is 0.724. The second-order valence-electron chi connectivity index (χ2n) is 6.13. The van der Waals surface area contributed by atoms with E-state index < -0.39 is 5.54 Å². The Bertz CT molecular complexity index is 508. The van der Waals surface area contributed by atoms with E-state index in [1.165, 1.54) is 0 Å². The molecule has 1 aromatic carbocycles. The molecule has 1 aliphatic rings. The van der Waals surface area contributed by atoms with Gasteiger partial charge in [-0.3, -0.25) is 9.69 Å². The molecule has 0 aromatic heterocycles. The molecule has 22 heavy (non-hydrogen) atoms. The van der Waals surface area contributed by atoms with Crippen LogP contribution in [0.3, 0.4) is 0 Å². The number of hydrogen-bond donors (Lipinski definition) is 1. The van der Waals surface area contributed by atoms with Crippen LogP contribution < -0.4 is 10.5 Å². The molecule has 1 fully saturated rings. The standard InChI is InChI=1S/C16H24ClN3O2/c1-16(2,18)15(21)20-9-7-19(8-10-20)11-12-22-14-6-4-3-5-13(14)17/h3-6H,7-12,18H2,1-2H3. The monoisotopic (exact) mass is 325 g/mol. The van der Waals surface area contributed by atoms with Crippen LogP contribution in [0.1, 0.15) is 13.8 Å². The molecule has 0 saturated carbocycles. The SMILES string of the molecule is CC(C)(N)C(=O)N1CCN(CCOc2ccccc2Cl)CC1. The van der Waals surface area contributed by atoms with Gasteiger partial charge in [0.15, 0.2) is 0 Å². The van der Waals surface area contributed by atoms with Crippen LogP contribution in [0.4, 0.5) is 0 Å². The summed E-state index contributed by atoms with van der Waals surface area (Å²) in [6, 6.07) is 7.46. The highest BCUT2D eigenvalue weighted by Crippen LogP contribution is 2.22. The molecule has 122 valence electrons. The maximum absolute atomic E-state index is 12.1. The zero-order chi connectivity index (χ0) is 16.2. The number of nitrogens with two attached hydrogens (primary N) is 1. The summed E-state index contributed by atoms with van der Waals surface area (Å²) < 4.78 is 5.69. The zero-order valence-corrected chi connectivity index (χ0v) is 14.0. The molecule has 0 aliphatic carbocycles. The van der Waals surface area contributed by atoms with E-state index in [1.807, 2.05) is 29.2 Å². The maximum atomic E-state index is 12.1. The number of para-hydroxylation sites is 1. The number of rotatable bonds is 5. The fraction of sp³-hybridized carbons (Fsp3) is 0.562. The van der Waals surface area contributed by atoms with E-state index in [9.17, 15) is 4.79 Å². The van der Waals surface area contributed by atoms with Gasteiger partial charge in [-0.05, 0) is 26.0 Å². The molecule has 1 amide bonds. The van der Waals surface area contributed by atoms with E-state index in [2.05, 4.69) is 4.90 Å². The molecule has 1 aliphatic heterocycles. The molecule has 0 atom stereocenters. The third kappa shape index (κ3) is 4.60. The van der Waals surface area contributed by atoms with Gasteiger partial charge < -0.3 is 15.4 Å². The van der Waals surface area contributed by atoms with Gasteiger partial charge in [0.2, 0.25) is 5.91 Å². The summed E-state index contributed by atoms with van der Waals surface area (Å²) in [5, 5.41) is 0.628. The van der Waals surface area contributed by atoms with Gasteiger partial charge in [0.1, 0.15) is 12.4 Å². The van der Waals surface area contributed by atoms with Crippen molar-refractivity contribution in [2.75, 3.05) is 39.3 Å². The van der Waals surface area contributed by atoms with Crippen LogP contribution in [-0.2, 0) is 4.79 Å². The highest BCUT2D eigenvalue weighted by molar-refractivity contribution is 6.32. The van der Waals surface area contributed by atoms with Gasteiger partial charge in [-0.25, -0.2) is 0 Å². The Hall–Kier alpha value is -1.30. The van der Waals surface area contributed by atoms with E-state index in [4.69, 9.17) is 22.1 Å². The Morgan fingerprint density at radius 3 is 2.50 bits per heavy atom. The lowest BCUT2D eigenvalue weighted by Gasteiger charge is -2.37. The molecule has 2 N–H and O–H groups in total. The van der Waals surface area contributed by atoms with Gasteiger partial charge >= 0.3 is 0 Å². The van der Waals surface area contributed by atoms with Crippen molar-refractivity contribution in [2.24, 2.45) is 5.73 Å². The van der Waals surface area contributed by atoms with Crippen LogP contribution >= 0.6 is 11.6 Å². The number of halogens is 1. The van der Waals surface area contributed by atoms with Crippen molar-refractivity contribution >= 4 is 17.5 Å². The van der Waals surface area contributed by atoms with E-state index >= 15 is 0 Å². The van der Waals surface area contributed by atoms with Crippen molar-refractivity contribution in [3.63, 3.8) is 0 Å². The van der Waals surface area contributed by atoms with Gasteiger partial charge in [-0.1, -0.05) is 23.7 Å². The highest BCUT2D eigenvalue weighted by Gasteiger charge is 2.29. The summed E-state index contributed by atoms with van der Waals surface area (Å²) in [6.07, 6.45) is 0. The number of benzene rings is 1. The number of amides is 1. The van der Waals surface area contributed by atoms with E-state index in [0.29, 0.717) is 30.5 Å².